The van der Waals surface area contributed by atoms with Crippen molar-refractivity contribution in [3.05, 3.63) is 0 Å². The molecule has 21 heavy (non-hydrogen) atoms. The van der Waals surface area contributed by atoms with E-state index >= 15 is 0 Å². The second-order valence-electron chi connectivity index (χ2n) is 5.76. The maximum atomic E-state index is 12.4. The van der Waals surface area contributed by atoms with Crippen molar-refractivity contribution >= 4 is 18.3 Å². The third-order valence-corrected chi connectivity index (χ3v) is 3.96. The molecule has 6 heteroatoms. The van der Waals surface area contributed by atoms with Crippen LogP contribution < -0.4 is 5.32 Å². The molecular formula is C15H29ClN2O3. The summed E-state index contributed by atoms with van der Waals surface area (Å²) >= 11 is 0. The van der Waals surface area contributed by atoms with E-state index in [4.69, 9.17) is 9.47 Å². The van der Waals surface area contributed by atoms with E-state index < -0.39 is 0 Å². The number of halogens is 1. The molecule has 0 radical (unpaired) electrons. The molecule has 1 amide bonds. The van der Waals surface area contributed by atoms with Gasteiger partial charge in [-0.1, -0.05) is 6.92 Å². The van der Waals surface area contributed by atoms with Crippen molar-refractivity contribution < 1.29 is 14.3 Å². The Hall–Kier alpha value is -0.360. The summed E-state index contributed by atoms with van der Waals surface area (Å²) in [5, 5.41) is 3.35. The number of hydrogen-bond donors (Lipinski definition) is 1. The van der Waals surface area contributed by atoms with Crippen LogP contribution in [0.5, 0.6) is 0 Å². The second-order valence-corrected chi connectivity index (χ2v) is 5.76. The summed E-state index contributed by atoms with van der Waals surface area (Å²) in [7, 11) is 0. The molecule has 0 spiro atoms. The minimum absolute atomic E-state index is 0. The van der Waals surface area contributed by atoms with Gasteiger partial charge in [-0.05, 0) is 25.7 Å². The van der Waals surface area contributed by atoms with E-state index in [-0.39, 0.29) is 30.5 Å². The van der Waals surface area contributed by atoms with Crippen molar-refractivity contribution in [1.29, 1.82) is 0 Å². The Labute approximate surface area is 134 Å². The Morgan fingerprint density at radius 3 is 2.81 bits per heavy atom. The van der Waals surface area contributed by atoms with E-state index in [2.05, 4.69) is 12.2 Å². The van der Waals surface area contributed by atoms with E-state index in [1.807, 2.05) is 4.90 Å². The zero-order chi connectivity index (χ0) is 14.2. The van der Waals surface area contributed by atoms with E-state index in [0.717, 1.165) is 52.1 Å². The van der Waals surface area contributed by atoms with Gasteiger partial charge in [-0.25, -0.2) is 0 Å². The predicted molar refractivity (Wildman–Crippen MR) is 84.9 cm³/mol. The van der Waals surface area contributed by atoms with Crippen molar-refractivity contribution in [2.75, 3.05) is 39.5 Å². The minimum atomic E-state index is 0. The lowest BCUT2D eigenvalue weighted by Crippen LogP contribution is -2.47. The van der Waals surface area contributed by atoms with Gasteiger partial charge in [-0.3, -0.25) is 4.79 Å². The topological polar surface area (TPSA) is 50.8 Å². The number of nitrogens with zero attached hydrogens (tertiary/aromatic N) is 1. The van der Waals surface area contributed by atoms with Crippen LogP contribution in [0.2, 0.25) is 0 Å². The average Bonchev–Trinajstić information content (AvgIpc) is 2.49. The van der Waals surface area contributed by atoms with Crippen LogP contribution in [0, 0.1) is 0 Å². The molecule has 0 aromatic rings. The maximum Gasteiger partial charge on any atom is 0.224 e. The highest BCUT2D eigenvalue weighted by Crippen LogP contribution is 2.15. The predicted octanol–water partition coefficient (Wildman–Crippen LogP) is 1.59. The normalized spacial score (nSPS) is 26.0. The van der Waals surface area contributed by atoms with E-state index in [0.29, 0.717) is 13.0 Å². The van der Waals surface area contributed by atoms with Crippen molar-refractivity contribution in [3.63, 3.8) is 0 Å². The molecule has 0 aromatic carbocycles. The van der Waals surface area contributed by atoms with Crippen LogP contribution in [0.1, 0.15) is 39.0 Å². The van der Waals surface area contributed by atoms with Gasteiger partial charge in [0.05, 0.1) is 19.3 Å². The van der Waals surface area contributed by atoms with Gasteiger partial charge >= 0.3 is 0 Å². The number of carbonyl (C=O) groups excluding carboxylic acids is 1. The van der Waals surface area contributed by atoms with E-state index in [9.17, 15) is 4.79 Å². The summed E-state index contributed by atoms with van der Waals surface area (Å²) in [6.45, 7) is 6.77. The standard InChI is InChI=1S/C15H28N2O3.ClH/c1-2-7-17(11-14-5-3-4-8-20-14)15(18)10-13-12-19-9-6-16-13;/h13-14,16H,2-12H2,1H3;1H. The van der Waals surface area contributed by atoms with Crippen LogP contribution in [0.3, 0.4) is 0 Å². The molecule has 2 rings (SSSR count). The summed E-state index contributed by atoms with van der Waals surface area (Å²) in [5.74, 6) is 0.226. The maximum absolute atomic E-state index is 12.4. The van der Waals surface area contributed by atoms with Gasteiger partial charge in [0.15, 0.2) is 0 Å². The van der Waals surface area contributed by atoms with Crippen LogP contribution in [-0.4, -0.2) is 62.4 Å². The van der Waals surface area contributed by atoms with Crippen molar-refractivity contribution in [2.45, 2.75) is 51.2 Å². The molecule has 2 aliphatic rings. The molecule has 2 saturated heterocycles. The molecular weight excluding hydrogens is 292 g/mol. The molecule has 2 fully saturated rings. The first-order valence-corrected chi connectivity index (χ1v) is 8.00. The molecule has 2 heterocycles. The highest BCUT2D eigenvalue weighted by Gasteiger charge is 2.24. The molecule has 0 saturated carbocycles. The fourth-order valence-corrected chi connectivity index (χ4v) is 2.88. The number of carbonyl (C=O) groups is 1. The SMILES string of the molecule is CCCN(CC1CCCCO1)C(=O)CC1COCCN1.Cl. The Bertz CT molecular complexity index is 293. The molecule has 2 unspecified atom stereocenters. The summed E-state index contributed by atoms with van der Waals surface area (Å²) in [6, 6.07) is 0.169. The molecule has 2 aliphatic heterocycles. The number of rotatable bonds is 6. The fraction of sp³-hybridized carbons (Fsp3) is 0.933. The highest BCUT2D eigenvalue weighted by molar-refractivity contribution is 5.85. The van der Waals surface area contributed by atoms with Gasteiger partial charge in [0.2, 0.25) is 5.91 Å². The lowest BCUT2D eigenvalue weighted by Gasteiger charge is -2.31. The Kier molecular flexibility index (Phi) is 9.24. The molecule has 0 aromatic heterocycles. The van der Waals surface area contributed by atoms with Gasteiger partial charge in [0, 0.05) is 38.7 Å². The summed E-state index contributed by atoms with van der Waals surface area (Å²) < 4.78 is 11.2. The van der Waals surface area contributed by atoms with Gasteiger partial charge in [-0.15, -0.1) is 12.4 Å². The molecule has 0 bridgehead atoms. The van der Waals surface area contributed by atoms with Crippen LogP contribution in [0.4, 0.5) is 0 Å². The Morgan fingerprint density at radius 2 is 2.19 bits per heavy atom. The van der Waals surface area contributed by atoms with E-state index in [1.54, 1.807) is 0 Å². The summed E-state index contributed by atoms with van der Waals surface area (Å²) in [6.07, 6.45) is 5.21. The first kappa shape index (κ1) is 18.7. The van der Waals surface area contributed by atoms with Crippen molar-refractivity contribution in [3.8, 4) is 0 Å². The first-order valence-electron chi connectivity index (χ1n) is 8.00. The zero-order valence-corrected chi connectivity index (χ0v) is 13.8. The monoisotopic (exact) mass is 320 g/mol. The zero-order valence-electron chi connectivity index (χ0n) is 13.0. The van der Waals surface area contributed by atoms with Crippen LogP contribution >= 0.6 is 12.4 Å². The number of morpholine rings is 1. The number of ether oxygens (including phenoxy) is 2. The van der Waals surface area contributed by atoms with E-state index in [1.165, 1.54) is 6.42 Å². The number of nitrogens with one attached hydrogen (secondary N) is 1. The first-order chi connectivity index (χ1) is 9.79. The lowest BCUT2D eigenvalue weighted by molar-refractivity contribution is -0.135. The Balaban J connectivity index is 0.00000220. The lowest BCUT2D eigenvalue weighted by atomic mass is 10.1. The van der Waals surface area contributed by atoms with Gasteiger partial charge < -0.3 is 19.7 Å². The number of amides is 1. The van der Waals surface area contributed by atoms with Crippen LogP contribution in [0.25, 0.3) is 0 Å². The summed E-state index contributed by atoms with van der Waals surface area (Å²) in [5.41, 5.74) is 0. The van der Waals surface area contributed by atoms with Gasteiger partial charge in [-0.2, -0.15) is 0 Å². The molecule has 5 nitrogen and oxygen atoms in total. The largest absolute Gasteiger partial charge is 0.378 e. The fourth-order valence-electron chi connectivity index (χ4n) is 2.88. The molecule has 124 valence electrons. The van der Waals surface area contributed by atoms with Crippen molar-refractivity contribution in [2.24, 2.45) is 0 Å². The summed E-state index contributed by atoms with van der Waals surface area (Å²) in [4.78, 5) is 14.4. The molecule has 0 aliphatic carbocycles. The quantitative estimate of drug-likeness (QED) is 0.807. The molecule has 1 N–H and O–H groups in total. The second kappa shape index (κ2) is 10.4. The third kappa shape index (κ3) is 6.51. The van der Waals surface area contributed by atoms with Crippen molar-refractivity contribution in [1.82, 2.24) is 10.2 Å². The van der Waals surface area contributed by atoms with Gasteiger partial charge in [0.1, 0.15) is 0 Å². The van der Waals surface area contributed by atoms with Crippen LogP contribution in [-0.2, 0) is 14.3 Å². The molecule has 2 atom stereocenters. The van der Waals surface area contributed by atoms with Crippen LogP contribution in [0.15, 0.2) is 0 Å². The average molecular weight is 321 g/mol. The van der Waals surface area contributed by atoms with Gasteiger partial charge in [0.25, 0.3) is 0 Å². The minimum Gasteiger partial charge on any atom is -0.378 e. The Morgan fingerprint density at radius 1 is 1.33 bits per heavy atom. The number of hydrogen-bond acceptors (Lipinski definition) is 4. The highest BCUT2D eigenvalue weighted by atomic mass is 35.5. The third-order valence-electron chi connectivity index (χ3n) is 3.96. The smallest absolute Gasteiger partial charge is 0.224 e.